The molecular weight excluding hydrogens is 398 g/mol. The number of amides is 1. The smallest absolute Gasteiger partial charge is 0.350 e. The fourth-order valence-electron chi connectivity index (χ4n) is 2.19. The first kappa shape index (κ1) is 22.1. The van der Waals surface area contributed by atoms with E-state index in [2.05, 4.69) is 5.32 Å². The SMILES string of the molecule is Cc1ccc(SCCNC(=O)COC(=O)C(C)(C)Oc2ccc(Cl)cc2)cc1. The fourth-order valence-corrected chi connectivity index (χ4v) is 3.08. The molecule has 0 aliphatic carbocycles. The summed E-state index contributed by atoms with van der Waals surface area (Å²) in [6.07, 6.45) is 0. The van der Waals surface area contributed by atoms with E-state index >= 15 is 0 Å². The first-order chi connectivity index (χ1) is 13.3. The van der Waals surface area contributed by atoms with Crippen LogP contribution in [0.25, 0.3) is 0 Å². The molecule has 0 bridgehead atoms. The minimum absolute atomic E-state index is 0.346. The minimum atomic E-state index is -1.23. The van der Waals surface area contributed by atoms with Crippen LogP contribution in [0.5, 0.6) is 5.75 Å². The molecule has 2 aromatic carbocycles. The monoisotopic (exact) mass is 421 g/mol. The highest BCUT2D eigenvalue weighted by Gasteiger charge is 2.32. The second-order valence-electron chi connectivity index (χ2n) is 6.65. The van der Waals surface area contributed by atoms with Crippen LogP contribution in [0.4, 0.5) is 0 Å². The number of thioether (sulfide) groups is 1. The molecule has 1 amide bonds. The third-order valence-electron chi connectivity index (χ3n) is 3.73. The van der Waals surface area contributed by atoms with Crippen LogP contribution in [-0.2, 0) is 14.3 Å². The van der Waals surface area contributed by atoms with Crippen molar-refractivity contribution < 1.29 is 19.1 Å². The Labute approximate surface area is 174 Å². The minimum Gasteiger partial charge on any atom is -0.476 e. The summed E-state index contributed by atoms with van der Waals surface area (Å²) in [5.41, 5.74) is -0.0162. The number of nitrogens with one attached hydrogen (secondary N) is 1. The van der Waals surface area contributed by atoms with Crippen LogP contribution in [0.1, 0.15) is 19.4 Å². The van der Waals surface area contributed by atoms with Gasteiger partial charge in [-0.3, -0.25) is 4.79 Å². The molecule has 0 aromatic heterocycles. The van der Waals surface area contributed by atoms with Crippen molar-refractivity contribution in [1.82, 2.24) is 5.32 Å². The van der Waals surface area contributed by atoms with Gasteiger partial charge in [0.2, 0.25) is 0 Å². The van der Waals surface area contributed by atoms with Gasteiger partial charge < -0.3 is 14.8 Å². The summed E-state index contributed by atoms with van der Waals surface area (Å²) < 4.78 is 10.7. The molecule has 2 rings (SSSR count). The summed E-state index contributed by atoms with van der Waals surface area (Å²) in [7, 11) is 0. The van der Waals surface area contributed by atoms with E-state index in [1.165, 1.54) is 5.56 Å². The Hall–Kier alpha value is -2.18. The fraction of sp³-hybridized carbons (Fsp3) is 0.333. The van der Waals surface area contributed by atoms with E-state index in [4.69, 9.17) is 21.1 Å². The van der Waals surface area contributed by atoms with Crippen molar-refractivity contribution in [3.63, 3.8) is 0 Å². The van der Waals surface area contributed by atoms with E-state index in [1.807, 2.05) is 31.2 Å². The van der Waals surface area contributed by atoms with E-state index in [9.17, 15) is 9.59 Å². The van der Waals surface area contributed by atoms with Crippen molar-refractivity contribution in [2.45, 2.75) is 31.3 Å². The number of carbonyl (C=O) groups is 2. The first-order valence-electron chi connectivity index (χ1n) is 8.84. The maximum atomic E-state index is 12.2. The Morgan fingerprint density at radius 3 is 2.36 bits per heavy atom. The third kappa shape index (κ3) is 7.44. The van der Waals surface area contributed by atoms with Gasteiger partial charge >= 0.3 is 5.97 Å². The summed E-state index contributed by atoms with van der Waals surface area (Å²) in [5.74, 6) is 0.254. The molecule has 2 aromatic rings. The van der Waals surface area contributed by atoms with Crippen molar-refractivity contribution in [2.75, 3.05) is 18.9 Å². The molecule has 150 valence electrons. The van der Waals surface area contributed by atoms with Crippen LogP contribution in [0.2, 0.25) is 5.02 Å². The van der Waals surface area contributed by atoms with Crippen LogP contribution >= 0.6 is 23.4 Å². The maximum Gasteiger partial charge on any atom is 0.350 e. The Morgan fingerprint density at radius 2 is 1.71 bits per heavy atom. The predicted molar refractivity (Wildman–Crippen MR) is 112 cm³/mol. The van der Waals surface area contributed by atoms with Gasteiger partial charge in [0, 0.05) is 22.2 Å². The van der Waals surface area contributed by atoms with E-state index < -0.39 is 11.6 Å². The maximum absolute atomic E-state index is 12.2. The topological polar surface area (TPSA) is 64.6 Å². The number of hydrogen-bond donors (Lipinski definition) is 1. The van der Waals surface area contributed by atoms with Gasteiger partial charge in [-0.15, -0.1) is 11.8 Å². The Bertz CT molecular complexity index is 791. The summed E-state index contributed by atoms with van der Waals surface area (Å²) in [6, 6.07) is 14.9. The van der Waals surface area contributed by atoms with Crippen molar-refractivity contribution in [3.05, 3.63) is 59.1 Å². The van der Waals surface area contributed by atoms with Gasteiger partial charge in [-0.1, -0.05) is 29.3 Å². The quantitative estimate of drug-likeness (QED) is 0.372. The van der Waals surface area contributed by atoms with Gasteiger partial charge in [0.05, 0.1) is 0 Å². The van der Waals surface area contributed by atoms with Gasteiger partial charge in [0.15, 0.2) is 12.2 Å². The lowest BCUT2D eigenvalue weighted by Crippen LogP contribution is -2.41. The number of esters is 1. The third-order valence-corrected chi connectivity index (χ3v) is 4.99. The second-order valence-corrected chi connectivity index (χ2v) is 8.26. The molecule has 0 radical (unpaired) electrons. The Morgan fingerprint density at radius 1 is 1.07 bits per heavy atom. The van der Waals surface area contributed by atoms with E-state index in [0.29, 0.717) is 17.3 Å². The first-order valence-corrected chi connectivity index (χ1v) is 10.2. The average molecular weight is 422 g/mol. The highest BCUT2D eigenvalue weighted by atomic mass is 35.5. The molecule has 0 saturated heterocycles. The number of ether oxygens (including phenoxy) is 2. The van der Waals surface area contributed by atoms with Crippen LogP contribution in [0, 0.1) is 6.92 Å². The number of aryl methyl sites for hydroxylation is 1. The predicted octanol–water partition coefficient (Wildman–Crippen LogP) is 4.26. The van der Waals surface area contributed by atoms with Crippen LogP contribution in [0.15, 0.2) is 53.4 Å². The van der Waals surface area contributed by atoms with Gasteiger partial charge in [0.1, 0.15) is 5.75 Å². The largest absolute Gasteiger partial charge is 0.476 e. The molecule has 0 aliphatic rings. The molecule has 0 aliphatic heterocycles. The Balaban J connectivity index is 1.68. The van der Waals surface area contributed by atoms with Gasteiger partial charge in [-0.2, -0.15) is 0 Å². The number of hydrogen-bond acceptors (Lipinski definition) is 5. The lowest BCUT2D eigenvalue weighted by Gasteiger charge is -2.24. The molecule has 0 unspecified atom stereocenters. The van der Waals surface area contributed by atoms with Gasteiger partial charge in [-0.05, 0) is 57.2 Å². The average Bonchev–Trinajstić information content (AvgIpc) is 2.66. The lowest BCUT2D eigenvalue weighted by atomic mass is 10.1. The second kappa shape index (κ2) is 10.4. The van der Waals surface area contributed by atoms with Gasteiger partial charge in [-0.25, -0.2) is 4.79 Å². The van der Waals surface area contributed by atoms with Crippen LogP contribution in [0.3, 0.4) is 0 Å². The van der Waals surface area contributed by atoms with E-state index in [-0.39, 0.29) is 12.5 Å². The summed E-state index contributed by atoms with van der Waals surface area (Å²) in [5, 5.41) is 3.31. The van der Waals surface area contributed by atoms with Crippen molar-refractivity contribution >= 4 is 35.2 Å². The zero-order chi connectivity index (χ0) is 20.6. The van der Waals surface area contributed by atoms with Crippen molar-refractivity contribution in [3.8, 4) is 5.75 Å². The molecule has 0 fully saturated rings. The molecule has 5 nitrogen and oxygen atoms in total. The molecule has 0 atom stereocenters. The van der Waals surface area contributed by atoms with Crippen molar-refractivity contribution in [2.24, 2.45) is 0 Å². The molecule has 28 heavy (non-hydrogen) atoms. The van der Waals surface area contributed by atoms with E-state index in [1.54, 1.807) is 49.9 Å². The number of carbonyl (C=O) groups excluding carboxylic acids is 2. The molecule has 0 heterocycles. The molecule has 1 N–H and O–H groups in total. The van der Waals surface area contributed by atoms with E-state index in [0.717, 1.165) is 10.6 Å². The summed E-state index contributed by atoms with van der Waals surface area (Å²) in [6.45, 7) is 5.35. The van der Waals surface area contributed by atoms with Crippen LogP contribution < -0.4 is 10.1 Å². The zero-order valence-corrected chi connectivity index (χ0v) is 17.7. The zero-order valence-electron chi connectivity index (χ0n) is 16.2. The van der Waals surface area contributed by atoms with Crippen molar-refractivity contribution in [1.29, 1.82) is 0 Å². The summed E-state index contributed by atoms with van der Waals surface area (Å²) >= 11 is 7.48. The normalized spacial score (nSPS) is 11.0. The number of halogens is 1. The highest BCUT2D eigenvalue weighted by Crippen LogP contribution is 2.21. The number of benzene rings is 2. The highest BCUT2D eigenvalue weighted by molar-refractivity contribution is 7.99. The van der Waals surface area contributed by atoms with Crippen LogP contribution in [-0.4, -0.2) is 36.4 Å². The molecule has 0 spiro atoms. The molecule has 7 heteroatoms. The summed E-state index contributed by atoms with van der Waals surface area (Å²) in [4.78, 5) is 25.2. The Kier molecular flexibility index (Phi) is 8.20. The molecular formula is C21H24ClNO4S. The van der Waals surface area contributed by atoms with Gasteiger partial charge in [0.25, 0.3) is 5.91 Å². The number of rotatable bonds is 9. The standard InChI is InChI=1S/C21H24ClNO4S/c1-15-4-10-18(11-5-15)28-13-12-23-19(24)14-26-20(25)21(2,3)27-17-8-6-16(22)7-9-17/h4-11H,12-14H2,1-3H3,(H,23,24). The molecule has 0 saturated carbocycles. The lowest BCUT2D eigenvalue weighted by molar-refractivity contribution is -0.162.